The van der Waals surface area contributed by atoms with Crippen LogP contribution in [-0.4, -0.2) is 14.8 Å². The Labute approximate surface area is 130 Å². The quantitative estimate of drug-likeness (QED) is 0.578. The number of nitrogens with zero attached hydrogens (tertiary/aromatic N) is 2. The van der Waals surface area contributed by atoms with Crippen molar-refractivity contribution in [2.24, 2.45) is 0 Å². The molecule has 1 N–H and O–H groups in total. The van der Waals surface area contributed by atoms with Crippen LogP contribution < -0.4 is 11.1 Å². The van der Waals surface area contributed by atoms with Gasteiger partial charge in [0.25, 0.3) is 11.1 Å². The second-order valence-corrected chi connectivity index (χ2v) is 5.40. The van der Waals surface area contributed by atoms with Gasteiger partial charge in [-0.05, 0) is 17.7 Å². The van der Waals surface area contributed by atoms with Crippen LogP contribution in [0.1, 0.15) is 5.56 Å². The van der Waals surface area contributed by atoms with Gasteiger partial charge in [-0.2, -0.15) is 0 Å². The second kappa shape index (κ2) is 5.21. The maximum absolute atomic E-state index is 12.7. The highest BCUT2D eigenvalue weighted by molar-refractivity contribution is 5.91. The molecule has 23 heavy (non-hydrogen) atoms. The number of nitrogens with one attached hydrogen (secondary N) is 1. The normalized spacial score (nSPS) is 11.1. The molecule has 0 aliphatic carbocycles. The van der Waals surface area contributed by atoms with Gasteiger partial charge in [-0.25, -0.2) is 9.67 Å². The van der Waals surface area contributed by atoms with Crippen LogP contribution in [0.25, 0.3) is 21.8 Å². The zero-order valence-electron chi connectivity index (χ0n) is 12.2. The summed E-state index contributed by atoms with van der Waals surface area (Å²) < 4.78 is 1.31. The molecule has 0 fully saturated rings. The minimum absolute atomic E-state index is 0.198. The van der Waals surface area contributed by atoms with Crippen molar-refractivity contribution in [1.29, 1.82) is 0 Å². The summed E-state index contributed by atoms with van der Waals surface area (Å²) in [6.45, 7) is 0.305. The van der Waals surface area contributed by atoms with Crippen LogP contribution in [0.4, 0.5) is 0 Å². The molecule has 2 aromatic heterocycles. The molecule has 4 aromatic rings. The zero-order valence-corrected chi connectivity index (χ0v) is 12.2. The highest BCUT2D eigenvalue weighted by Gasteiger charge is 2.10. The molecule has 5 nitrogen and oxygen atoms in total. The number of rotatable bonds is 2. The largest absolute Gasteiger partial charge is 0.292 e. The van der Waals surface area contributed by atoms with Gasteiger partial charge < -0.3 is 0 Å². The van der Waals surface area contributed by atoms with Crippen molar-refractivity contribution in [3.05, 3.63) is 86.9 Å². The molecule has 0 atom stereocenters. The van der Waals surface area contributed by atoms with Crippen LogP contribution in [0.5, 0.6) is 0 Å². The van der Waals surface area contributed by atoms with Gasteiger partial charge >= 0.3 is 0 Å². The van der Waals surface area contributed by atoms with Gasteiger partial charge in [-0.3, -0.25) is 14.7 Å². The summed E-state index contributed by atoms with van der Waals surface area (Å²) in [5.74, 6) is 0. The number of hydrogen-bond acceptors (Lipinski definition) is 3. The number of H-pyrrole nitrogens is 1. The van der Waals surface area contributed by atoms with Crippen molar-refractivity contribution < 1.29 is 0 Å². The highest BCUT2D eigenvalue weighted by atomic mass is 16.2. The minimum Gasteiger partial charge on any atom is -0.267 e. The fourth-order valence-corrected chi connectivity index (χ4v) is 2.69. The van der Waals surface area contributed by atoms with Crippen molar-refractivity contribution in [2.75, 3.05) is 0 Å². The summed E-state index contributed by atoms with van der Waals surface area (Å²) in [4.78, 5) is 29.4. The van der Waals surface area contributed by atoms with Gasteiger partial charge in [0.15, 0.2) is 0 Å². The molecule has 0 radical (unpaired) electrons. The number of para-hydroxylation sites is 1. The van der Waals surface area contributed by atoms with Crippen molar-refractivity contribution in [1.82, 2.24) is 14.8 Å². The lowest BCUT2D eigenvalue weighted by Crippen LogP contribution is -2.30. The Balaban J connectivity index is 1.97. The molecule has 0 bridgehead atoms. The summed E-state index contributed by atoms with van der Waals surface area (Å²) in [7, 11) is 0. The lowest BCUT2D eigenvalue weighted by molar-refractivity contribution is 0.635. The zero-order chi connectivity index (χ0) is 15.8. The third kappa shape index (κ3) is 2.32. The molecule has 5 heteroatoms. The molecule has 0 spiro atoms. The van der Waals surface area contributed by atoms with E-state index in [4.69, 9.17) is 0 Å². The van der Waals surface area contributed by atoms with E-state index in [1.165, 1.54) is 4.68 Å². The van der Waals surface area contributed by atoms with Crippen LogP contribution in [-0.2, 0) is 6.54 Å². The number of pyridine rings is 1. The molecule has 2 aromatic carbocycles. The molecule has 0 saturated carbocycles. The van der Waals surface area contributed by atoms with E-state index in [-0.39, 0.29) is 16.6 Å². The van der Waals surface area contributed by atoms with Crippen molar-refractivity contribution in [3.63, 3.8) is 0 Å². The Morgan fingerprint density at radius 1 is 0.957 bits per heavy atom. The van der Waals surface area contributed by atoms with Gasteiger partial charge in [0.05, 0.1) is 17.4 Å². The first-order valence-electron chi connectivity index (χ1n) is 7.29. The third-order valence-electron chi connectivity index (χ3n) is 3.84. The SMILES string of the molecule is O=c1[nH]n(Cc2ccccc2)c(=O)c2nc3ccccc3cc12. The molecular weight excluding hydrogens is 290 g/mol. The number of aromatic amines is 1. The summed E-state index contributed by atoms with van der Waals surface area (Å²) >= 11 is 0. The Kier molecular flexibility index (Phi) is 3.05. The van der Waals surface area contributed by atoms with Gasteiger partial charge in [-0.1, -0.05) is 48.5 Å². The molecule has 0 unspecified atom stereocenters. The van der Waals surface area contributed by atoms with E-state index in [1.54, 1.807) is 6.07 Å². The average molecular weight is 303 g/mol. The molecule has 0 saturated heterocycles. The van der Waals surface area contributed by atoms with Crippen LogP contribution in [0.2, 0.25) is 0 Å². The van der Waals surface area contributed by atoms with E-state index in [1.807, 2.05) is 54.6 Å². The summed E-state index contributed by atoms with van der Waals surface area (Å²) in [6, 6.07) is 18.7. The first-order chi connectivity index (χ1) is 11.2. The summed E-state index contributed by atoms with van der Waals surface area (Å²) in [5, 5.41) is 3.80. The minimum atomic E-state index is -0.311. The Bertz CT molecular complexity index is 1130. The van der Waals surface area contributed by atoms with Gasteiger partial charge in [-0.15, -0.1) is 0 Å². The van der Waals surface area contributed by atoms with E-state index in [0.717, 1.165) is 10.9 Å². The van der Waals surface area contributed by atoms with E-state index < -0.39 is 0 Å². The fraction of sp³-hybridized carbons (Fsp3) is 0.0556. The highest BCUT2D eigenvalue weighted by Crippen LogP contribution is 2.14. The molecule has 112 valence electrons. The van der Waals surface area contributed by atoms with Crippen molar-refractivity contribution in [2.45, 2.75) is 6.54 Å². The number of hydrogen-bond donors (Lipinski definition) is 1. The van der Waals surface area contributed by atoms with Crippen molar-refractivity contribution >= 4 is 21.8 Å². The first-order valence-corrected chi connectivity index (χ1v) is 7.29. The van der Waals surface area contributed by atoms with Crippen LogP contribution in [0.3, 0.4) is 0 Å². The third-order valence-corrected chi connectivity index (χ3v) is 3.84. The predicted octanol–water partition coefficient (Wildman–Crippen LogP) is 2.29. The maximum atomic E-state index is 12.7. The van der Waals surface area contributed by atoms with Crippen LogP contribution >= 0.6 is 0 Å². The summed E-state index contributed by atoms with van der Waals surface area (Å²) in [5.41, 5.74) is 1.23. The molecular formula is C18H13N3O2. The maximum Gasteiger partial charge on any atom is 0.292 e. The van der Waals surface area contributed by atoms with Crippen LogP contribution in [0, 0.1) is 0 Å². The lowest BCUT2D eigenvalue weighted by Gasteiger charge is -2.07. The average Bonchev–Trinajstić information content (AvgIpc) is 2.59. The fourth-order valence-electron chi connectivity index (χ4n) is 2.69. The Morgan fingerprint density at radius 3 is 2.52 bits per heavy atom. The van der Waals surface area contributed by atoms with Gasteiger partial charge in [0.1, 0.15) is 5.52 Å². The predicted molar refractivity (Wildman–Crippen MR) is 89.7 cm³/mol. The topological polar surface area (TPSA) is 67.8 Å². The van der Waals surface area contributed by atoms with E-state index >= 15 is 0 Å². The van der Waals surface area contributed by atoms with E-state index in [0.29, 0.717) is 17.4 Å². The van der Waals surface area contributed by atoms with Crippen LogP contribution in [0.15, 0.2) is 70.3 Å². The lowest BCUT2D eigenvalue weighted by atomic mass is 10.1. The molecule has 0 amide bonds. The molecule has 2 heterocycles. The smallest absolute Gasteiger partial charge is 0.267 e. The van der Waals surface area contributed by atoms with Gasteiger partial charge in [0, 0.05) is 5.39 Å². The first kappa shape index (κ1) is 13.5. The van der Waals surface area contributed by atoms with E-state index in [2.05, 4.69) is 10.1 Å². The molecule has 4 rings (SSSR count). The standard InChI is InChI=1S/C18H13N3O2/c22-17-14-10-13-8-4-5-9-15(13)19-16(14)18(23)21(20-17)11-12-6-2-1-3-7-12/h1-10H,11H2,(H,20,22). The van der Waals surface area contributed by atoms with E-state index in [9.17, 15) is 9.59 Å². The Hall–Kier alpha value is -3.21. The molecule has 0 aliphatic heterocycles. The summed E-state index contributed by atoms with van der Waals surface area (Å²) in [6.07, 6.45) is 0. The Morgan fingerprint density at radius 2 is 1.70 bits per heavy atom. The monoisotopic (exact) mass is 303 g/mol. The number of benzene rings is 2. The molecule has 0 aliphatic rings. The van der Waals surface area contributed by atoms with Gasteiger partial charge in [0.2, 0.25) is 0 Å². The number of aromatic nitrogens is 3. The number of fused-ring (bicyclic) bond motifs is 2. The van der Waals surface area contributed by atoms with Crippen molar-refractivity contribution in [3.8, 4) is 0 Å². The second-order valence-electron chi connectivity index (χ2n) is 5.40.